The molecule has 0 bridgehead atoms. The Bertz CT molecular complexity index is 866. The second kappa shape index (κ2) is 8.90. The topological polar surface area (TPSA) is 41.2 Å². The van der Waals surface area contributed by atoms with Gasteiger partial charge in [-0.2, -0.15) is 6.57 Å². The highest BCUT2D eigenvalue weighted by Crippen LogP contribution is 2.28. The van der Waals surface area contributed by atoms with E-state index in [1.54, 1.807) is 0 Å². The molecule has 2 aromatic carbocycles. The summed E-state index contributed by atoms with van der Waals surface area (Å²) in [6.07, 6.45) is 7.41. The van der Waals surface area contributed by atoms with Crippen molar-refractivity contribution in [3.8, 4) is 5.75 Å². The van der Waals surface area contributed by atoms with Crippen molar-refractivity contribution in [2.75, 3.05) is 18.4 Å². The fourth-order valence-electron chi connectivity index (χ4n) is 4.28. The number of fused-ring (bicyclic) bond motifs is 1. The molecule has 0 aromatic heterocycles. The molecule has 1 heterocycles. The highest BCUT2D eigenvalue weighted by molar-refractivity contribution is 5.91. The third-order valence-corrected chi connectivity index (χ3v) is 5.71. The molecule has 1 unspecified atom stereocenters. The number of para-hydroxylation sites is 1. The van der Waals surface area contributed by atoms with E-state index in [2.05, 4.69) is 38.5 Å². The van der Waals surface area contributed by atoms with Gasteiger partial charge < -0.3 is 15.0 Å². The first-order valence-electron chi connectivity index (χ1n) is 10.1. The van der Waals surface area contributed by atoms with E-state index in [4.69, 9.17) is 11.3 Å². The fraction of sp³-hybridized carbons (Fsp3) is 0.391. The summed E-state index contributed by atoms with van der Waals surface area (Å²) in [7, 11) is 0. The van der Waals surface area contributed by atoms with Gasteiger partial charge in [0.05, 0.1) is 0 Å². The molecular formula is C23H26N4O. The van der Waals surface area contributed by atoms with Crippen LogP contribution in [0.2, 0.25) is 0 Å². The number of rotatable bonds is 3. The number of amidine groups is 1. The number of hydrogen-bond acceptors (Lipinski definition) is 3. The van der Waals surface area contributed by atoms with Gasteiger partial charge in [0.1, 0.15) is 10.9 Å². The van der Waals surface area contributed by atoms with Gasteiger partial charge >= 0.3 is 6.02 Å². The monoisotopic (exact) mass is 374 g/mol. The smallest absolute Gasteiger partial charge is 0.378 e. The SMILES string of the molecule is [C-]#[N+]/N=C(/Nc1ccc2c(c1)CCC(N1CCCC1)CC2)Oc1ccccc1. The zero-order chi connectivity index (χ0) is 19.2. The average molecular weight is 374 g/mol. The molecule has 0 radical (unpaired) electrons. The minimum Gasteiger partial charge on any atom is -0.421 e. The van der Waals surface area contributed by atoms with Crippen LogP contribution < -0.4 is 10.1 Å². The molecule has 28 heavy (non-hydrogen) atoms. The Morgan fingerprint density at radius 2 is 1.79 bits per heavy atom. The van der Waals surface area contributed by atoms with Crippen molar-refractivity contribution in [2.45, 2.75) is 44.6 Å². The molecule has 0 amide bonds. The number of aryl methyl sites for hydroxylation is 2. The van der Waals surface area contributed by atoms with E-state index in [1.807, 2.05) is 30.3 Å². The van der Waals surface area contributed by atoms with Crippen molar-refractivity contribution in [1.29, 1.82) is 0 Å². The highest BCUT2D eigenvalue weighted by atomic mass is 16.5. The standard InChI is InChI=1S/C23H26N4O/c1-24-26-23(28-22-7-3-2-4-8-22)25-20-12-9-18-10-13-21(14-11-19(18)17-20)27-15-5-6-16-27/h2-4,7-9,12,17,21H,5-6,10-11,13-16H2,(H,25,26). The third kappa shape index (κ3) is 4.52. The molecule has 0 spiro atoms. The minimum absolute atomic E-state index is 0.199. The van der Waals surface area contributed by atoms with Crippen molar-refractivity contribution < 1.29 is 4.74 Å². The molecule has 1 saturated heterocycles. The Morgan fingerprint density at radius 1 is 1.04 bits per heavy atom. The van der Waals surface area contributed by atoms with E-state index >= 15 is 0 Å². The van der Waals surface area contributed by atoms with Crippen LogP contribution in [0.1, 0.15) is 36.8 Å². The van der Waals surface area contributed by atoms with Crippen molar-refractivity contribution in [2.24, 2.45) is 5.10 Å². The van der Waals surface area contributed by atoms with Crippen molar-refractivity contribution >= 4 is 11.7 Å². The van der Waals surface area contributed by atoms with Gasteiger partial charge in [-0.25, -0.2) is 0 Å². The van der Waals surface area contributed by atoms with Gasteiger partial charge in [0.25, 0.3) is 0 Å². The quantitative estimate of drug-likeness (QED) is 0.278. The number of benzene rings is 2. The molecule has 0 saturated carbocycles. The van der Waals surface area contributed by atoms with Crippen LogP contribution in [-0.4, -0.2) is 30.1 Å². The first-order chi connectivity index (χ1) is 13.8. The lowest BCUT2D eigenvalue weighted by molar-refractivity contribution is 0.222. The molecule has 1 aliphatic heterocycles. The molecule has 1 fully saturated rings. The number of anilines is 1. The summed E-state index contributed by atoms with van der Waals surface area (Å²) in [6, 6.07) is 16.8. The molecule has 144 valence electrons. The number of nitrogens with one attached hydrogen (secondary N) is 1. The van der Waals surface area contributed by atoms with Crippen LogP contribution in [-0.2, 0) is 12.8 Å². The second-order valence-corrected chi connectivity index (χ2v) is 7.50. The van der Waals surface area contributed by atoms with Crippen LogP contribution in [0, 0.1) is 6.57 Å². The van der Waals surface area contributed by atoms with Crippen LogP contribution >= 0.6 is 0 Å². The summed E-state index contributed by atoms with van der Waals surface area (Å²) in [4.78, 5) is 5.81. The van der Waals surface area contributed by atoms with Gasteiger partial charge in [-0.15, -0.1) is 4.95 Å². The van der Waals surface area contributed by atoms with E-state index in [9.17, 15) is 0 Å². The molecule has 5 heteroatoms. The van der Waals surface area contributed by atoms with Gasteiger partial charge in [-0.1, -0.05) is 24.3 Å². The molecule has 5 nitrogen and oxygen atoms in total. The van der Waals surface area contributed by atoms with Gasteiger partial charge in [0, 0.05) is 11.7 Å². The lowest BCUT2D eigenvalue weighted by Crippen LogP contribution is -2.32. The molecular weight excluding hydrogens is 348 g/mol. The Hall–Kier alpha value is -2.84. The predicted molar refractivity (Wildman–Crippen MR) is 112 cm³/mol. The number of ether oxygens (including phenoxy) is 1. The Kier molecular flexibility index (Phi) is 5.89. The number of hydrogen-bond donors (Lipinski definition) is 1. The summed E-state index contributed by atoms with van der Waals surface area (Å²) in [5.74, 6) is 0.653. The molecule has 1 aliphatic carbocycles. The highest BCUT2D eigenvalue weighted by Gasteiger charge is 2.24. The van der Waals surface area contributed by atoms with Crippen molar-refractivity contribution in [3.05, 3.63) is 71.2 Å². The van der Waals surface area contributed by atoms with E-state index in [0.29, 0.717) is 11.8 Å². The molecule has 2 aliphatic rings. The maximum atomic E-state index is 7.06. The summed E-state index contributed by atoms with van der Waals surface area (Å²) in [5, 5.41) is 6.95. The lowest BCUT2D eigenvalue weighted by Gasteiger charge is -2.25. The van der Waals surface area contributed by atoms with Crippen LogP contribution in [0.5, 0.6) is 5.75 Å². The Balaban J connectivity index is 1.45. The van der Waals surface area contributed by atoms with Crippen molar-refractivity contribution in [1.82, 2.24) is 4.90 Å². The molecule has 1 N–H and O–H groups in total. The predicted octanol–water partition coefficient (Wildman–Crippen LogP) is 4.71. The zero-order valence-corrected chi connectivity index (χ0v) is 16.1. The summed E-state index contributed by atoms with van der Waals surface area (Å²) in [6.45, 7) is 9.59. The van der Waals surface area contributed by atoms with E-state index in [-0.39, 0.29) is 6.02 Å². The molecule has 2 aromatic rings. The normalized spacial score (nSPS) is 20.1. The second-order valence-electron chi connectivity index (χ2n) is 7.50. The van der Waals surface area contributed by atoms with Gasteiger partial charge in [0.15, 0.2) is 0 Å². The van der Waals surface area contributed by atoms with E-state index in [0.717, 1.165) is 18.5 Å². The third-order valence-electron chi connectivity index (χ3n) is 5.71. The Labute approximate surface area is 166 Å². The first-order valence-corrected chi connectivity index (χ1v) is 10.1. The van der Waals surface area contributed by atoms with Crippen LogP contribution in [0.25, 0.3) is 4.95 Å². The zero-order valence-electron chi connectivity index (χ0n) is 16.1. The van der Waals surface area contributed by atoms with Crippen molar-refractivity contribution in [3.63, 3.8) is 0 Å². The largest absolute Gasteiger partial charge is 0.421 e. The summed E-state index contributed by atoms with van der Waals surface area (Å²) >= 11 is 0. The van der Waals surface area contributed by atoms with Gasteiger partial charge in [-0.05, 0) is 87.0 Å². The maximum Gasteiger partial charge on any atom is 0.378 e. The number of nitrogens with zero attached hydrogens (tertiary/aromatic N) is 3. The van der Waals surface area contributed by atoms with E-state index in [1.165, 1.54) is 49.9 Å². The first kappa shape index (κ1) is 18.5. The van der Waals surface area contributed by atoms with Gasteiger partial charge in [0.2, 0.25) is 0 Å². The maximum absolute atomic E-state index is 7.06. The molecule has 1 atom stereocenters. The number of likely N-dealkylation sites (tertiary alicyclic amines) is 1. The summed E-state index contributed by atoms with van der Waals surface area (Å²) in [5.41, 5.74) is 3.75. The fourth-order valence-corrected chi connectivity index (χ4v) is 4.28. The minimum atomic E-state index is 0.199. The Morgan fingerprint density at radius 3 is 2.54 bits per heavy atom. The summed E-state index contributed by atoms with van der Waals surface area (Å²) < 4.78 is 5.73. The van der Waals surface area contributed by atoms with Crippen LogP contribution in [0.15, 0.2) is 53.6 Å². The van der Waals surface area contributed by atoms with Gasteiger partial charge in [-0.3, -0.25) is 0 Å². The van der Waals surface area contributed by atoms with Crippen LogP contribution in [0.3, 0.4) is 0 Å². The average Bonchev–Trinajstić information content (AvgIpc) is 3.17. The lowest BCUT2D eigenvalue weighted by atomic mass is 10.0. The molecule has 4 rings (SSSR count). The van der Waals surface area contributed by atoms with Crippen LogP contribution in [0.4, 0.5) is 5.69 Å². The van der Waals surface area contributed by atoms with E-state index < -0.39 is 0 Å².